The van der Waals surface area contributed by atoms with Gasteiger partial charge in [-0.25, -0.2) is 4.98 Å². The van der Waals surface area contributed by atoms with Gasteiger partial charge in [-0.05, 0) is 25.1 Å². The van der Waals surface area contributed by atoms with Crippen molar-refractivity contribution in [3.05, 3.63) is 23.2 Å². The van der Waals surface area contributed by atoms with Crippen LogP contribution in [0.3, 0.4) is 0 Å². The fourth-order valence-electron chi connectivity index (χ4n) is 1.62. The summed E-state index contributed by atoms with van der Waals surface area (Å²) in [5.41, 5.74) is 12.4. The average Bonchev–Trinajstić information content (AvgIpc) is 2.51. The van der Waals surface area contributed by atoms with E-state index in [9.17, 15) is 4.79 Å². The number of imidazole rings is 1. The van der Waals surface area contributed by atoms with Crippen molar-refractivity contribution in [1.29, 1.82) is 0 Å². The summed E-state index contributed by atoms with van der Waals surface area (Å²) in [5.74, 6) is -0.204. The first-order valence-corrected chi connectivity index (χ1v) is 5.11. The lowest BCUT2D eigenvalue weighted by molar-refractivity contribution is -0.120. The molecule has 1 heterocycles. The molecule has 0 aliphatic rings. The minimum atomic E-state index is -0.536. The fraction of sp³-hybridized carbons (Fsp3) is 0.200. The van der Waals surface area contributed by atoms with Gasteiger partial charge in [0.2, 0.25) is 11.9 Å². The molecule has 2 rings (SSSR count). The maximum atomic E-state index is 11.2. The molecule has 1 aromatic heterocycles. The normalized spacial score (nSPS) is 12.9. The SMILES string of the molecule is CC(C(N)=O)n1c(N)nc2cc(Cl)ccc21. The van der Waals surface area contributed by atoms with Gasteiger partial charge in [-0.2, -0.15) is 0 Å². The zero-order valence-corrected chi connectivity index (χ0v) is 9.40. The summed E-state index contributed by atoms with van der Waals surface area (Å²) in [7, 11) is 0. The third kappa shape index (κ3) is 1.59. The molecule has 2 aromatic rings. The maximum absolute atomic E-state index is 11.2. The summed E-state index contributed by atoms with van der Waals surface area (Å²) in [6, 6.07) is 4.64. The largest absolute Gasteiger partial charge is 0.369 e. The third-order valence-corrected chi connectivity index (χ3v) is 2.71. The van der Waals surface area contributed by atoms with E-state index in [1.165, 1.54) is 0 Å². The second kappa shape index (κ2) is 3.68. The first-order valence-electron chi connectivity index (χ1n) is 4.73. The Morgan fingerprint density at radius 3 is 2.88 bits per heavy atom. The number of aromatic nitrogens is 2. The summed E-state index contributed by atoms with van der Waals surface area (Å²) in [6.45, 7) is 1.68. The van der Waals surface area contributed by atoms with Gasteiger partial charge in [0.15, 0.2) is 0 Å². The van der Waals surface area contributed by atoms with Gasteiger partial charge in [0.05, 0.1) is 11.0 Å². The van der Waals surface area contributed by atoms with E-state index in [-0.39, 0.29) is 5.95 Å². The molecule has 0 aliphatic carbocycles. The number of hydrogen-bond acceptors (Lipinski definition) is 3. The molecular weight excluding hydrogens is 228 g/mol. The standard InChI is InChI=1S/C10H11ClN4O/c1-5(9(12)16)15-8-3-2-6(11)4-7(8)14-10(15)13/h2-5H,1H3,(H2,12,16)(H2,13,14). The smallest absolute Gasteiger partial charge is 0.240 e. The Bertz CT molecular complexity index is 563. The van der Waals surface area contributed by atoms with Gasteiger partial charge in [-0.1, -0.05) is 11.6 Å². The van der Waals surface area contributed by atoms with E-state index in [0.29, 0.717) is 10.5 Å². The first kappa shape index (κ1) is 10.8. The van der Waals surface area contributed by atoms with E-state index >= 15 is 0 Å². The van der Waals surface area contributed by atoms with Gasteiger partial charge in [-0.3, -0.25) is 9.36 Å². The van der Waals surface area contributed by atoms with Crippen molar-refractivity contribution >= 4 is 34.5 Å². The van der Waals surface area contributed by atoms with Crippen LogP contribution in [0.1, 0.15) is 13.0 Å². The highest BCUT2D eigenvalue weighted by molar-refractivity contribution is 6.31. The number of nitrogens with zero attached hydrogens (tertiary/aromatic N) is 2. The molecule has 1 unspecified atom stereocenters. The molecule has 1 aromatic carbocycles. The summed E-state index contributed by atoms with van der Waals surface area (Å²) in [5, 5.41) is 0.573. The van der Waals surface area contributed by atoms with Crippen molar-refractivity contribution in [3.8, 4) is 0 Å². The molecule has 0 fully saturated rings. The number of amides is 1. The first-order chi connectivity index (χ1) is 7.50. The van der Waals surface area contributed by atoms with Gasteiger partial charge in [0, 0.05) is 5.02 Å². The molecule has 0 saturated heterocycles. The van der Waals surface area contributed by atoms with Crippen molar-refractivity contribution in [2.45, 2.75) is 13.0 Å². The van der Waals surface area contributed by atoms with Crippen LogP contribution in [0.2, 0.25) is 5.02 Å². The van der Waals surface area contributed by atoms with Crippen molar-refractivity contribution in [3.63, 3.8) is 0 Å². The predicted molar refractivity (Wildman–Crippen MR) is 63.1 cm³/mol. The van der Waals surface area contributed by atoms with Crippen molar-refractivity contribution in [2.75, 3.05) is 5.73 Å². The number of primary amides is 1. The number of fused-ring (bicyclic) bond motifs is 1. The van der Waals surface area contributed by atoms with E-state index in [0.717, 1.165) is 5.52 Å². The molecule has 84 valence electrons. The highest BCUT2D eigenvalue weighted by Gasteiger charge is 2.17. The van der Waals surface area contributed by atoms with Crippen LogP contribution in [-0.4, -0.2) is 15.5 Å². The number of halogens is 1. The zero-order valence-electron chi connectivity index (χ0n) is 8.64. The van der Waals surface area contributed by atoms with Gasteiger partial charge in [-0.15, -0.1) is 0 Å². The number of nitrogen functional groups attached to an aromatic ring is 1. The van der Waals surface area contributed by atoms with E-state index in [4.69, 9.17) is 23.1 Å². The summed E-state index contributed by atoms with van der Waals surface area (Å²) in [6.07, 6.45) is 0. The molecule has 1 amide bonds. The topological polar surface area (TPSA) is 86.9 Å². The van der Waals surface area contributed by atoms with Gasteiger partial charge in [0.25, 0.3) is 0 Å². The van der Waals surface area contributed by atoms with Crippen molar-refractivity contribution < 1.29 is 4.79 Å². The maximum Gasteiger partial charge on any atom is 0.240 e. The predicted octanol–water partition coefficient (Wildman–Crippen LogP) is 1.32. The summed E-state index contributed by atoms with van der Waals surface area (Å²) >= 11 is 5.84. The lowest BCUT2D eigenvalue weighted by Gasteiger charge is -2.11. The van der Waals surface area contributed by atoms with E-state index in [1.54, 1.807) is 29.7 Å². The van der Waals surface area contributed by atoms with Crippen molar-refractivity contribution in [1.82, 2.24) is 9.55 Å². The minimum absolute atomic E-state index is 0.253. The van der Waals surface area contributed by atoms with Crippen LogP contribution in [-0.2, 0) is 4.79 Å². The Morgan fingerprint density at radius 2 is 2.25 bits per heavy atom. The minimum Gasteiger partial charge on any atom is -0.369 e. The lowest BCUT2D eigenvalue weighted by Crippen LogP contribution is -2.24. The van der Waals surface area contributed by atoms with Gasteiger partial charge >= 0.3 is 0 Å². The van der Waals surface area contributed by atoms with Crippen LogP contribution < -0.4 is 11.5 Å². The molecule has 1 atom stereocenters. The van der Waals surface area contributed by atoms with Crippen molar-refractivity contribution in [2.24, 2.45) is 5.73 Å². The van der Waals surface area contributed by atoms with E-state index in [1.807, 2.05) is 0 Å². The Hall–Kier alpha value is -1.75. The molecule has 5 nitrogen and oxygen atoms in total. The number of carbonyl (C=O) groups is 1. The molecule has 4 N–H and O–H groups in total. The zero-order chi connectivity index (χ0) is 11.9. The lowest BCUT2D eigenvalue weighted by atomic mass is 10.2. The van der Waals surface area contributed by atoms with Gasteiger partial charge in [0.1, 0.15) is 6.04 Å². The number of benzene rings is 1. The van der Waals surface area contributed by atoms with E-state index < -0.39 is 11.9 Å². The molecule has 0 saturated carbocycles. The van der Waals surface area contributed by atoms with E-state index in [2.05, 4.69) is 4.98 Å². The molecule has 0 bridgehead atoms. The number of anilines is 1. The van der Waals surface area contributed by atoms with Crippen LogP contribution in [0.5, 0.6) is 0 Å². The number of nitrogens with two attached hydrogens (primary N) is 2. The fourth-order valence-corrected chi connectivity index (χ4v) is 1.79. The number of rotatable bonds is 2. The van der Waals surface area contributed by atoms with Crippen LogP contribution in [0.25, 0.3) is 11.0 Å². The molecule has 0 spiro atoms. The molecule has 0 aliphatic heterocycles. The Morgan fingerprint density at radius 1 is 1.56 bits per heavy atom. The monoisotopic (exact) mass is 238 g/mol. The van der Waals surface area contributed by atoms with Crippen LogP contribution in [0.4, 0.5) is 5.95 Å². The second-order valence-electron chi connectivity index (χ2n) is 3.55. The summed E-state index contributed by atoms with van der Waals surface area (Å²) < 4.78 is 1.59. The Labute approximate surface area is 97.0 Å². The second-order valence-corrected chi connectivity index (χ2v) is 3.99. The Kier molecular flexibility index (Phi) is 2.47. The molecule has 6 heteroatoms. The quantitative estimate of drug-likeness (QED) is 0.827. The third-order valence-electron chi connectivity index (χ3n) is 2.48. The van der Waals surface area contributed by atoms with Crippen LogP contribution in [0.15, 0.2) is 18.2 Å². The number of carbonyl (C=O) groups excluding carboxylic acids is 1. The van der Waals surface area contributed by atoms with Gasteiger partial charge < -0.3 is 11.5 Å². The molecular formula is C10H11ClN4O. The van der Waals surface area contributed by atoms with Crippen LogP contribution >= 0.6 is 11.6 Å². The van der Waals surface area contributed by atoms with Crippen LogP contribution in [0, 0.1) is 0 Å². The molecule has 0 radical (unpaired) electrons. The highest BCUT2D eigenvalue weighted by Crippen LogP contribution is 2.24. The highest BCUT2D eigenvalue weighted by atomic mass is 35.5. The average molecular weight is 239 g/mol. The number of hydrogen-bond donors (Lipinski definition) is 2. The molecule has 16 heavy (non-hydrogen) atoms. The summed E-state index contributed by atoms with van der Waals surface area (Å²) in [4.78, 5) is 15.3. The Balaban J connectivity index is 2.69.